The molecule has 3 rings (SSSR count). The fraction of sp³-hybridized carbons (Fsp3) is 0.176. The van der Waals surface area contributed by atoms with E-state index in [2.05, 4.69) is 34.3 Å². The van der Waals surface area contributed by atoms with Crippen LogP contribution in [-0.4, -0.2) is 21.1 Å². The molecule has 1 amide bonds. The summed E-state index contributed by atoms with van der Waals surface area (Å²) in [4.78, 5) is 28.9. The van der Waals surface area contributed by atoms with E-state index in [1.807, 2.05) is 30.3 Å². The predicted molar refractivity (Wildman–Crippen MR) is 94.4 cm³/mol. The number of aromatic nitrogens is 3. The highest BCUT2D eigenvalue weighted by Gasteiger charge is 2.18. The fourth-order valence-electron chi connectivity index (χ4n) is 2.21. The Hall–Kier alpha value is -2.80. The van der Waals surface area contributed by atoms with Crippen LogP contribution in [-0.2, 0) is 0 Å². The molecule has 0 radical (unpaired) electrons. The van der Waals surface area contributed by atoms with Gasteiger partial charge in [-0.1, -0.05) is 44.2 Å². The Balaban J connectivity index is 1.90. The average molecular weight is 340 g/mol. The Morgan fingerprint density at radius 3 is 2.54 bits per heavy atom. The summed E-state index contributed by atoms with van der Waals surface area (Å²) in [5, 5.41) is 9.22. The Kier molecular flexibility index (Phi) is 4.52. The van der Waals surface area contributed by atoms with Crippen molar-refractivity contribution in [2.75, 3.05) is 5.32 Å². The molecular weight excluding hydrogens is 324 g/mol. The molecule has 3 aromatic rings. The third-order valence-corrected chi connectivity index (χ3v) is 4.63. The van der Waals surface area contributed by atoms with E-state index in [1.54, 1.807) is 0 Å². The first-order valence-corrected chi connectivity index (χ1v) is 8.29. The minimum atomic E-state index is -0.407. The average Bonchev–Trinajstić information content (AvgIpc) is 3.00. The van der Waals surface area contributed by atoms with Gasteiger partial charge in [-0.2, -0.15) is 5.10 Å². The highest BCUT2D eigenvalue weighted by Crippen LogP contribution is 2.36. The number of nitrogens with zero attached hydrogens (tertiary/aromatic N) is 2. The van der Waals surface area contributed by atoms with Gasteiger partial charge in [-0.15, -0.1) is 11.3 Å². The van der Waals surface area contributed by atoms with Crippen molar-refractivity contribution in [1.29, 1.82) is 0 Å². The second-order valence-corrected chi connectivity index (χ2v) is 6.54. The summed E-state index contributed by atoms with van der Waals surface area (Å²) in [6, 6.07) is 12.5. The number of aromatic amines is 1. The molecular formula is C17H16N4O2S. The van der Waals surface area contributed by atoms with Gasteiger partial charge < -0.3 is 0 Å². The van der Waals surface area contributed by atoms with Crippen molar-refractivity contribution in [3.63, 3.8) is 0 Å². The van der Waals surface area contributed by atoms with Crippen LogP contribution in [0.1, 0.15) is 35.1 Å². The Bertz CT molecular complexity index is 895. The number of carbonyl (C=O) groups excluding carboxylic acids is 1. The molecule has 0 bridgehead atoms. The maximum absolute atomic E-state index is 12.2. The first-order valence-electron chi connectivity index (χ1n) is 7.48. The maximum atomic E-state index is 12.2. The zero-order valence-electron chi connectivity index (χ0n) is 13.2. The van der Waals surface area contributed by atoms with E-state index >= 15 is 0 Å². The molecule has 0 saturated heterocycles. The second-order valence-electron chi connectivity index (χ2n) is 5.51. The predicted octanol–water partition coefficient (Wildman–Crippen LogP) is 3.27. The molecule has 24 heavy (non-hydrogen) atoms. The van der Waals surface area contributed by atoms with Gasteiger partial charge in [-0.05, 0) is 12.0 Å². The van der Waals surface area contributed by atoms with Crippen LogP contribution in [0.2, 0.25) is 0 Å². The standard InChI is InChI=1S/C17H16N4O2S/c1-10(2)15-14(11-6-4-3-5-7-11)18-17(24-15)19-16(23)12-8-9-13(22)21-20-12/h3-10H,1-2H3,(H,21,22)(H,18,19,23). The van der Waals surface area contributed by atoms with E-state index in [0.29, 0.717) is 5.13 Å². The molecule has 2 N–H and O–H groups in total. The molecule has 1 aromatic carbocycles. The lowest BCUT2D eigenvalue weighted by atomic mass is 10.1. The fourth-order valence-corrected chi connectivity index (χ4v) is 3.20. The van der Waals surface area contributed by atoms with Crippen molar-refractivity contribution in [2.24, 2.45) is 0 Å². The van der Waals surface area contributed by atoms with Gasteiger partial charge in [0, 0.05) is 16.5 Å². The van der Waals surface area contributed by atoms with E-state index in [9.17, 15) is 9.59 Å². The Labute approximate surface area is 142 Å². The minimum Gasteiger partial charge on any atom is -0.296 e. The van der Waals surface area contributed by atoms with Crippen LogP contribution in [0.15, 0.2) is 47.3 Å². The summed E-state index contributed by atoms with van der Waals surface area (Å²) in [6.45, 7) is 4.18. The zero-order valence-corrected chi connectivity index (χ0v) is 14.1. The summed E-state index contributed by atoms with van der Waals surface area (Å²) in [6.07, 6.45) is 0. The first kappa shape index (κ1) is 16.1. The van der Waals surface area contributed by atoms with Crippen LogP contribution < -0.4 is 10.9 Å². The van der Waals surface area contributed by atoms with Crippen molar-refractivity contribution >= 4 is 22.4 Å². The van der Waals surface area contributed by atoms with Gasteiger partial charge in [-0.25, -0.2) is 10.1 Å². The van der Waals surface area contributed by atoms with Gasteiger partial charge in [0.25, 0.3) is 11.5 Å². The van der Waals surface area contributed by atoms with Crippen molar-refractivity contribution in [3.8, 4) is 11.3 Å². The number of benzene rings is 1. The normalized spacial score (nSPS) is 10.8. The SMILES string of the molecule is CC(C)c1sc(NC(=O)c2ccc(=O)[nH]n2)nc1-c1ccccc1. The number of nitrogens with one attached hydrogen (secondary N) is 2. The largest absolute Gasteiger partial charge is 0.296 e. The van der Waals surface area contributed by atoms with Crippen molar-refractivity contribution in [2.45, 2.75) is 19.8 Å². The minimum absolute atomic E-state index is 0.136. The van der Waals surface area contributed by atoms with E-state index in [-0.39, 0.29) is 17.2 Å². The van der Waals surface area contributed by atoms with Crippen LogP contribution in [0.5, 0.6) is 0 Å². The molecule has 0 aliphatic carbocycles. The molecule has 0 spiro atoms. The Morgan fingerprint density at radius 1 is 1.17 bits per heavy atom. The van der Waals surface area contributed by atoms with Crippen LogP contribution in [0.25, 0.3) is 11.3 Å². The van der Waals surface area contributed by atoms with Crippen LogP contribution in [0.4, 0.5) is 5.13 Å². The van der Waals surface area contributed by atoms with Gasteiger partial charge >= 0.3 is 0 Å². The van der Waals surface area contributed by atoms with Gasteiger partial charge in [-0.3, -0.25) is 14.9 Å². The summed E-state index contributed by atoms with van der Waals surface area (Å²) in [5.74, 6) is -0.121. The maximum Gasteiger partial charge on any atom is 0.277 e. The molecule has 122 valence electrons. The lowest BCUT2D eigenvalue weighted by molar-refractivity contribution is 0.102. The summed E-state index contributed by atoms with van der Waals surface area (Å²) >= 11 is 1.45. The summed E-state index contributed by atoms with van der Waals surface area (Å²) in [7, 11) is 0. The monoisotopic (exact) mass is 340 g/mol. The molecule has 2 aromatic heterocycles. The highest BCUT2D eigenvalue weighted by atomic mass is 32.1. The Morgan fingerprint density at radius 2 is 1.92 bits per heavy atom. The smallest absolute Gasteiger partial charge is 0.277 e. The molecule has 0 unspecified atom stereocenters. The summed E-state index contributed by atoms with van der Waals surface area (Å²) in [5.41, 5.74) is 1.67. The lowest BCUT2D eigenvalue weighted by Gasteiger charge is -2.04. The molecule has 0 atom stereocenters. The van der Waals surface area contributed by atoms with Crippen molar-refractivity contribution < 1.29 is 4.79 Å². The highest BCUT2D eigenvalue weighted by molar-refractivity contribution is 7.16. The molecule has 0 aliphatic heterocycles. The molecule has 2 heterocycles. The number of rotatable bonds is 4. The quantitative estimate of drug-likeness (QED) is 0.763. The third-order valence-electron chi connectivity index (χ3n) is 3.36. The number of thiazole rings is 1. The molecule has 0 aliphatic rings. The number of hydrogen-bond donors (Lipinski definition) is 2. The van der Waals surface area contributed by atoms with Crippen molar-refractivity contribution in [3.05, 3.63) is 63.4 Å². The zero-order chi connectivity index (χ0) is 17.1. The van der Waals surface area contributed by atoms with Crippen molar-refractivity contribution in [1.82, 2.24) is 15.2 Å². The number of carbonyl (C=O) groups is 1. The molecule has 6 nitrogen and oxygen atoms in total. The van der Waals surface area contributed by atoms with Crippen LogP contribution in [0.3, 0.4) is 0 Å². The number of amides is 1. The number of H-pyrrole nitrogens is 1. The molecule has 7 heteroatoms. The van der Waals surface area contributed by atoms with Crippen LogP contribution >= 0.6 is 11.3 Å². The van der Waals surface area contributed by atoms with Gasteiger partial charge in [0.1, 0.15) is 5.69 Å². The van der Waals surface area contributed by atoms with Gasteiger partial charge in [0.2, 0.25) is 0 Å². The van der Waals surface area contributed by atoms with E-state index in [4.69, 9.17) is 0 Å². The van der Waals surface area contributed by atoms with E-state index in [1.165, 1.54) is 23.5 Å². The second kappa shape index (κ2) is 6.76. The number of anilines is 1. The lowest BCUT2D eigenvalue weighted by Crippen LogP contribution is -2.17. The third kappa shape index (κ3) is 3.41. The summed E-state index contributed by atoms with van der Waals surface area (Å²) < 4.78 is 0. The number of hydrogen-bond acceptors (Lipinski definition) is 5. The van der Waals surface area contributed by atoms with E-state index < -0.39 is 5.91 Å². The van der Waals surface area contributed by atoms with Gasteiger partial charge in [0.15, 0.2) is 5.13 Å². The first-order chi connectivity index (χ1) is 11.5. The van der Waals surface area contributed by atoms with Crippen LogP contribution in [0, 0.1) is 0 Å². The molecule has 0 saturated carbocycles. The molecule has 0 fully saturated rings. The van der Waals surface area contributed by atoms with Gasteiger partial charge in [0.05, 0.1) is 5.69 Å². The topological polar surface area (TPSA) is 87.7 Å². The van der Waals surface area contributed by atoms with E-state index in [0.717, 1.165) is 16.1 Å².